The summed E-state index contributed by atoms with van der Waals surface area (Å²) in [5.41, 5.74) is 2.48. The van der Waals surface area contributed by atoms with Gasteiger partial charge in [-0.15, -0.1) is 11.3 Å². The van der Waals surface area contributed by atoms with Crippen LogP contribution in [0.25, 0.3) is 10.2 Å². The molecule has 2 aromatic heterocycles. The highest BCUT2D eigenvalue weighted by atomic mass is 32.1. The molecule has 96 valence electrons. The first kappa shape index (κ1) is 11.7. The van der Waals surface area contributed by atoms with Gasteiger partial charge in [0.15, 0.2) is 0 Å². The van der Waals surface area contributed by atoms with Gasteiger partial charge in [0, 0.05) is 0 Å². The fraction of sp³-hybridized carbons (Fsp3) is 0.500. The summed E-state index contributed by atoms with van der Waals surface area (Å²) in [5, 5.41) is 2.95. The van der Waals surface area contributed by atoms with Crippen LogP contribution in [0.2, 0.25) is 0 Å². The molecule has 0 spiro atoms. The second kappa shape index (κ2) is 5.07. The zero-order valence-corrected chi connectivity index (χ0v) is 10.9. The molecule has 2 aromatic rings. The normalized spacial score (nSPS) is 15.6. The highest BCUT2D eigenvalue weighted by molar-refractivity contribution is 7.16. The number of thiophene rings is 1. The standard InChI is InChI=1S/C12H16N4OS/c13-16-12-14-10(9-5-7-18-11(9)15-12)17-6-4-8-2-1-3-8/h5,7-8H,1-4,6,13H2,(H,14,15,16). The van der Waals surface area contributed by atoms with Crippen molar-refractivity contribution in [3.05, 3.63) is 11.4 Å². The van der Waals surface area contributed by atoms with Crippen LogP contribution in [-0.4, -0.2) is 16.6 Å². The lowest BCUT2D eigenvalue weighted by atomic mass is 9.83. The third-order valence-electron chi connectivity index (χ3n) is 3.41. The predicted molar refractivity (Wildman–Crippen MR) is 72.7 cm³/mol. The van der Waals surface area contributed by atoms with Crippen LogP contribution in [0.1, 0.15) is 25.7 Å². The van der Waals surface area contributed by atoms with E-state index in [9.17, 15) is 0 Å². The quantitative estimate of drug-likeness (QED) is 0.641. The van der Waals surface area contributed by atoms with E-state index in [1.807, 2.05) is 11.4 Å². The number of hydrogen-bond acceptors (Lipinski definition) is 6. The summed E-state index contributed by atoms with van der Waals surface area (Å²) in [5.74, 6) is 7.24. The van der Waals surface area contributed by atoms with E-state index in [-0.39, 0.29) is 0 Å². The Morgan fingerprint density at radius 2 is 2.33 bits per heavy atom. The summed E-state index contributed by atoms with van der Waals surface area (Å²) in [6.07, 6.45) is 5.17. The topological polar surface area (TPSA) is 73.1 Å². The third kappa shape index (κ3) is 2.26. The van der Waals surface area contributed by atoms with Gasteiger partial charge in [0.1, 0.15) is 4.83 Å². The zero-order chi connectivity index (χ0) is 12.4. The molecule has 0 saturated heterocycles. The molecule has 3 rings (SSSR count). The fourth-order valence-electron chi connectivity index (χ4n) is 2.11. The van der Waals surface area contributed by atoms with Gasteiger partial charge in [-0.25, -0.2) is 10.8 Å². The van der Waals surface area contributed by atoms with Gasteiger partial charge in [0.2, 0.25) is 11.8 Å². The Kier molecular flexibility index (Phi) is 3.29. The third-order valence-corrected chi connectivity index (χ3v) is 4.22. The second-order valence-corrected chi connectivity index (χ2v) is 5.46. The molecule has 1 aliphatic rings. The van der Waals surface area contributed by atoms with Gasteiger partial charge in [0.05, 0.1) is 12.0 Å². The number of nitrogens with one attached hydrogen (secondary N) is 1. The number of nitrogens with zero attached hydrogens (tertiary/aromatic N) is 2. The van der Waals surface area contributed by atoms with E-state index in [1.54, 1.807) is 11.3 Å². The molecule has 1 aliphatic carbocycles. The lowest BCUT2D eigenvalue weighted by Crippen LogP contribution is -2.15. The maximum absolute atomic E-state index is 5.79. The van der Waals surface area contributed by atoms with E-state index in [4.69, 9.17) is 10.6 Å². The van der Waals surface area contributed by atoms with Crippen molar-refractivity contribution in [1.82, 2.24) is 9.97 Å². The van der Waals surface area contributed by atoms with Gasteiger partial charge in [0.25, 0.3) is 0 Å². The van der Waals surface area contributed by atoms with Crippen LogP contribution in [0.4, 0.5) is 5.95 Å². The molecule has 0 amide bonds. The Labute approximate surface area is 109 Å². The molecule has 0 atom stereocenters. The lowest BCUT2D eigenvalue weighted by Gasteiger charge is -2.24. The molecule has 1 saturated carbocycles. The van der Waals surface area contributed by atoms with Crippen LogP contribution >= 0.6 is 11.3 Å². The molecule has 18 heavy (non-hydrogen) atoms. The van der Waals surface area contributed by atoms with Crippen molar-refractivity contribution in [1.29, 1.82) is 0 Å². The molecule has 0 aliphatic heterocycles. The van der Waals surface area contributed by atoms with Gasteiger partial charge < -0.3 is 4.74 Å². The second-order valence-electron chi connectivity index (χ2n) is 4.57. The summed E-state index contributed by atoms with van der Waals surface area (Å²) >= 11 is 1.56. The van der Waals surface area contributed by atoms with Gasteiger partial charge >= 0.3 is 0 Å². The van der Waals surface area contributed by atoms with E-state index >= 15 is 0 Å². The SMILES string of the molecule is NNc1nc(OCCC2CCC2)c2ccsc2n1. The number of hydrazine groups is 1. The van der Waals surface area contributed by atoms with Crippen molar-refractivity contribution >= 4 is 27.5 Å². The monoisotopic (exact) mass is 264 g/mol. The molecule has 2 heterocycles. The smallest absolute Gasteiger partial charge is 0.241 e. The average molecular weight is 264 g/mol. The van der Waals surface area contributed by atoms with E-state index in [1.165, 1.54) is 19.3 Å². The number of rotatable bonds is 5. The van der Waals surface area contributed by atoms with E-state index < -0.39 is 0 Å². The number of hydrogen-bond donors (Lipinski definition) is 2. The van der Waals surface area contributed by atoms with Gasteiger partial charge in [-0.2, -0.15) is 4.98 Å². The summed E-state index contributed by atoms with van der Waals surface area (Å²) in [7, 11) is 0. The van der Waals surface area contributed by atoms with Gasteiger partial charge in [-0.05, 0) is 23.8 Å². The molecule has 6 heteroatoms. The Balaban J connectivity index is 1.74. The molecule has 0 bridgehead atoms. The summed E-state index contributed by atoms with van der Waals surface area (Å²) in [6, 6.07) is 1.99. The Morgan fingerprint density at radius 3 is 3.06 bits per heavy atom. The summed E-state index contributed by atoms with van der Waals surface area (Å²) in [6.45, 7) is 0.719. The summed E-state index contributed by atoms with van der Waals surface area (Å²) < 4.78 is 5.79. The Morgan fingerprint density at radius 1 is 1.44 bits per heavy atom. The van der Waals surface area contributed by atoms with Gasteiger partial charge in [-0.1, -0.05) is 19.3 Å². The van der Waals surface area contributed by atoms with Crippen molar-refractivity contribution in [3.63, 3.8) is 0 Å². The van der Waals surface area contributed by atoms with E-state index in [0.717, 1.165) is 29.2 Å². The maximum atomic E-state index is 5.79. The van der Waals surface area contributed by atoms with Crippen molar-refractivity contribution in [3.8, 4) is 5.88 Å². The Bertz CT molecular complexity index is 538. The van der Waals surface area contributed by atoms with Crippen LogP contribution in [0.3, 0.4) is 0 Å². The summed E-state index contributed by atoms with van der Waals surface area (Å²) in [4.78, 5) is 9.45. The number of nitrogens with two attached hydrogens (primary N) is 1. The molecule has 0 radical (unpaired) electrons. The van der Waals surface area contributed by atoms with Gasteiger partial charge in [-0.3, -0.25) is 5.43 Å². The first-order valence-corrected chi connectivity index (χ1v) is 7.09. The number of fused-ring (bicyclic) bond motifs is 1. The average Bonchev–Trinajstić information content (AvgIpc) is 2.80. The van der Waals surface area contributed by atoms with Crippen LogP contribution in [-0.2, 0) is 0 Å². The van der Waals surface area contributed by atoms with Crippen LogP contribution in [0.15, 0.2) is 11.4 Å². The maximum Gasteiger partial charge on any atom is 0.241 e. The van der Waals surface area contributed by atoms with Crippen molar-refractivity contribution in [2.45, 2.75) is 25.7 Å². The molecule has 5 nitrogen and oxygen atoms in total. The van der Waals surface area contributed by atoms with E-state index in [2.05, 4.69) is 15.4 Å². The molecule has 0 unspecified atom stereocenters. The van der Waals surface area contributed by atoms with E-state index in [0.29, 0.717) is 11.8 Å². The minimum Gasteiger partial charge on any atom is -0.477 e. The van der Waals surface area contributed by atoms with Crippen molar-refractivity contribution < 1.29 is 4.74 Å². The first-order valence-electron chi connectivity index (χ1n) is 6.21. The van der Waals surface area contributed by atoms with Crippen molar-refractivity contribution in [2.75, 3.05) is 12.0 Å². The minimum atomic E-state index is 0.406. The number of aromatic nitrogens is 2. The van der Waals surface area contributed by atoms with Crippen LogP contribution < -0.4 is 16.0 Å². The molecular formula is C12H16N4OS. The highest BCUT2D eigenvalue weighted by Crippen LogP contribution is 2.31. The molecule has 0 aromatic carbocycles. The number of nitrogen functional groups attached to an aromatic ring is 1. The zero-order valence-electron chi connectivity index (χ0n) is 10.1. The highest BCUT2D eigenvalue weighted by Gasteiger charge is 2.17. The molecular weight excluding hydrogens is 248 g/mol. The number of anilines is 1. The Hall–Kier alpha value is -1.40. The van der Waals surface area contributed by atoms with Crippen molar-refractivity contribution in [2.24, 2.45) is 11.8 Å². The van der Waals surface area contributed by atoms with Crippen LogP contribution in [0.5, 0.6) is 5.88 Å². The first-order chi connectivity index (χ1) is 8.86. The fourth-order valence-corrected chi connectivity index (χ4v) is 2.86. The lowest BCUT2D eigenvalue weighted by molar-refractivity contribution is 0.219. The minimum absolute atomic E-state index is 0.406. The largest absolute Gasteiger partial charge is 0.477 e. The van der Waals surface area contributed by atoms with Crippen LogP contribution in [0, 0.1) is 5.92 Å². The molecule has 1 fully saturated rings. The predicted octanol–water partition coefficient (Wildman–Crippen LogP) is 2.55. The number of ether oxygens (including phenoxy) is 1. The molecule has 3 N–H and O–H groups in total.